The zero-order valence-corrected chi connectivity index (χ0v) is 9.31. The van der Waals surface area contributed by atoms with Crippen LogP contribution in [0, 0.1) is 11.3 Å². The van der Waals surface area contributed by atoms with E-state index in [1.165, 1.54) is 0 Å². The lowest BCUT2D eigenvalue weighted by atomic mass is 9.74. The summed E-state index contributed by atoms with van der Waals surface area (Å²) in [4.78, 5) is 2.25. The van der Waals surface area contributed by atoms with Crippen LogP contribution < -0.4 is 0 Å². The number of halogens is 1. The van der Waals surface area contributed by atoms with Crippen molar-refractivity contribution in [3.05, 3.63) is 0 Å². The van der Waals surface area contributed by atoms with Crippen LogP contribution in [0.5, 0.6) is 0 Å². The molecule has 78 valence electrons. The van der Waals surface area contributed by atoms with E-state index in [-0.39, 0.29) is 5.41 Å². The molecule has 0 radical (unpaired) electrons. The topological polar surface area (TPSA) is 3.24 Å². The molecule has 2 atom stereocenters. The molecule has 1 nitrogen and oxygen atoms in total. The van der Waals surface area contributed by atoms with Gasteiger partial charge in [0.2, 0.25) is 0 Å². The third kappa shape index (κ3) is 2.67. The molecule has 2 heteroatoms. The van der Waals surface area contributed by atoms with E-state index in [9.17, 15) is 4.39 Å². The van der Waals surface area contributed by atoms with E-state index < -0.39 is 6.17 Å². The van der Waals surface area contributed by atoms with E-state index in [0.29, 0.717) is 12.3 Å². The first-order chi connectivity index (χ1) is 5.94. The fraction of sp³-hybridized carbons (Fsp3) is 1.00. The summed E-state index contributed by atoms with van der Waals surface area (Å²) < 4.78 is 13.7. The van der Waals surface area contributed by atoms with Crippen LogP contribution in [0.2, 0.25) is 0 Å². The number of rotatable bonds is 2. The first kappa shape index (κ1) is 11.0. The van der Waals surface area contributed by atoms with Gasteiger partial charge in [-0.25, -0.2) is 4.39 Å². The zero-order chi connectivity index (χ0) is 10.1. The molecule has 0 aliphatic carbocycles. The van der Waals surface area contributed by atoms with Crippen LogP contribution in [0.3, 0.4) is 0 Å². The smallest absolute Gasteiger partial charge is 0.108 e. The molecule has 0 aromatic heterocycles. The molecule has 13 heavy (non-hydrogen) atoms. The van der Waals surface area contributed by atoms with Crippen molar-refractivity contribution >= 4 is 0 Å². The molecular weight excluding hydrogens is 165 g/mol. The van der Waals surface area contributed by atoms with Gasteiger partial charge in [0.1, 0.15) is 6.17 Å². The quantitative estimate of drug-likeness (QED) is 0.642. The van der Waals surface area contributed by atoms with Crippen LogP contribution in [-0.4, -0.2) is 31.2 Å². The average molecular weight is 187 g/mol. The highest BCUT2D eigenvalue weighted by molar-refractivity contribution is 4.90. The van der Waals surface area contributed by atoms with Gasteiger partial charge in [-0.3, -0.25) is 0 Å². The Morgan fingerprint density at radius 1 is 1.54 bits per heavy atom. The van der Waals surface area contributed by atoms with Gasteiger partial charge in [0.05, 0.1) is 0 Å². The maximum Gasteiger partial charge on any atom is 0.108 e. The summed E-state index contributed by atoms with van der Waals surface area (Å²) in [6, 6.07) is 0. The highest BCUT2D eigenvalue weighted by atomic mass is 19.1. The standard InChI is InChI=1S/C11H22FN/c1-9(2)7-11(3)8-13(4)6-5-10(11)12/h9-10H,5-8H2,1-4H3/t10-,11+/m0/s1. The molecule has 0 N–H and O–H groups in total. The van der Waals surface area contributed by atoms with Crippen LogP contribution >= 0.6 is 0 Å². The lowest BCUT2D eigenvalue weighted by Crippen LogP contribution is -2.47. The van der Waals surface area contributed by atoms with Crippen LogP contribution in [-0.2, 0) is 0 Å². The molecule has 1 rings (SSSR count). The number of piperidine rings is 1. The number of hydrogen-bond acceptors (Lipinski definition) is 1. The molecule has 0 aromatic carbocycles. The Kier molecular flexibility index (Phi) is 3.33. The Labute approximate surface area is 81.3 Å². The van der Waals surface area contributed by atoms with Gasteiger partial charge in [-0.2, -0.15) is 0 Å². The minimum Gasteiger partial charge on any atom is -0.306 e. The summed E-state index contributed by atoms with van der Waals surface area (Å²) in [6.07, 6.45) is 1.10. The summed E-state index contributed by atoms with van der Waals surface area (Å²) in [5.41, 5.74) is -0.110. The minimum absolute atomic E-state index is 0.110. The summed E-state index contributed by atoms with van der Waals surface area (Å²) in [7, 11) is 2.09. The fourth-order valence-corrected chi connectivity index (χ4v) is 2.60. The Balaban J connectivity index is 2.61. The first-order valence-electron chi connectivity index (χ1n) is 5.26. The van der Waals surface area contributed by atoms with Gasteiger partial charge in [-0.15, -0.1) is 0 Å². The Bertz CT molecular complexity index is 165. The molecule has 0 unspecified atom stereocenters. The van der Waals surface area contributed by atoms with Gasteiger partial charge < -0.3 is 4.90 Å². The van der Waals surface area contributed by atoms with Gasteiger partial charge in [0, 0.05) is 18.5 Å². The van der Waals surface area contributed by atoms with Crippen molar-refractivity contribution < 1.29 is 4.39 Å². The molecule has 1 fully saturated rings. The van der Waals surface area contributed by atoms with Crippen molar-refractivity contribution in [3.8, 4) is 0 Å². The summed E-state index contributed by atoms with van der Waals surface area (Å²) in [5.74, 6) is 0.592. The monoisotopic (exact) mass is 187 g/mol. The summed E-state index contributed by atoms with van der Waals surface area (Å²) in [5, 5.41) is 0. The molecule has 0 amide bonds. The largest absolute Gasteiger partial charge is 0.306 e. The van der Waals surface area contributed by atoms with Crippen molar-refractivity contribution in [2.75, 3.05) is 20.1 Å². The number of nitrogens with zero attached hydrogens (tertiary/aromatic N) is 1. The van der Waals surface area contributed by atoms with Gasteiger partial charge >= 0.3 is 0 Å². The van der Waals surface area contributed by atoms with Gasteiger partial charge in [0.25, 0.3) is 0 Å². The molecular formula is C11H22FN. The second kappa shape index (κ2) is 3.95. The van der Waals surface area contributed by atoms with Crippen molar-refractivity contribution in [1.29, 1.82) is 0 Å². The predicted octanol–water partition coefficient (Wildman–Crippen LogP) is 2.71. The van der Waals surface area contributed by atoms with Gasteiger partial charge in [-0.1, -0.05) is 20.8 Å². The van der Waals surface area contributed by atoms with Crippen LogP contribution in [0.15, 0.2) is 0 Å². The van der Waals surface area contributed by atoms with Crippen molar-refractivity contribution in [1.82, 2.24) is 4.90 Å². The molecule has 0 bridgehead atoms. The molecule has 0 saturated carbocycles. The van der Waals surface area contributed by atoms with E-state index in [1.54, 1.807) is 0 Å². The average Bonchev–Trinajstić information content (AvgIpc) is 1.95. The molecule has 1 saturated heterocycles. The third-order valence-electron chi connectivity index (χ3n) is 3.03. The van der Waals surface area contributed by atoms with E-state index in [1.807, 2.05) is 0 Å². The Morgan fingerprint density at radius 2 is 2.15 bits per heavy atom. The van der Waals surface area contributed by atoms with Gasteiger partial charge in [-0.05, 0) is 25.8 Å². The minimum atomic E-state index is -0.605. The Hall–Kier alpha value is -0.110. The van der Waals surface area contributed by atoms with E-state index >= 15 is 0 Å². The number of hydrogen-bond donors (Lipinski definition) is 0. The first-order valence-corrected chi connectivity index (χ1v) is 5.26. The number of likely N-dealkylation sites (tertiary alicyclic amines) is 1. The SMILES string of the molecule is CC(C)C[C@]1(C)CN(C)CC[C@@H]1F. The molecule has 0 aromatic rings. The van der Waals surface area contributed by atoms with Crippen LogP contribution in [0.1, 0.15) is 33.6 Å². The van der Waals surface area contributed by atoms with Crippen LogP contribution in [0.4, 0.5) is 4.39 Å². The predicted molar refractivity (Wildman–Crippen MR) is 54.6 cm³/mol. The lowest BCUT2D eigenvalue weighted by molar-refractivity contribution is 0.0126. The highest BCUT2D eigenvalue weighted by Gasteiger charge is 2.39. The lowest BCUT2D eigenvalue weighted by Gasteiger charge is -2.42. The maximum atomic E-state index is 13.7. The fourth-order valence-electron chi connectivity index (χ4n) is 2.60. The molecule has 1 heterocycles. The van der Waals surface area contributed by atoms with Crippen molar-refractivity contribution in [3.63, 3.8) is 0 Å². The van der Waals surface area contributed by atoms with Crippen LogP contribution in [0.25, 0.3) is 0 Å². The van der Waals surface area contributed by atoms with Crippen molar-refractivity contribution in [2.45, 2.75) is 39.8 Å². The van der Waals surface area contributed by atoms with Gasteiger partial charge in [0.15, 0.2) is 0 Å². The van der Waals surface area contributed by atoms with E-state index in [0.717, 1.165) is 19.5 Å². The molecule has 1 aliphatic heterocycles. The second-order valence-corrected chi connectivity index (χ2v) is 5.25. The second-order valence-electron chi connectivity index (χ2n) is 5.25. The summed E-state index contributed by atoms with van der Waals surface area (Å²) >= 11 is 0. The highest BCUT2D eigenvalue weighted by Crippen LogP contribution is 2.37. The van der Waals surface area contributed by atoms with Crippen molar-refractivity contribution in [2.24, 2.45) is 11.3 Å². The third-order valence-corrected chi connectivity index (χ3v) is 3.03. The normalized spacial score (nSPS) is 36.9. The Morgan fingerprint density at radius 3 is 2.69 bits per heavy atom. The molecule has 1 aliphatic rings. The molecule has 0 spiro atoms. The zero-order valence-electron chi connectivity index (χ0n) is 9.31. The van der Waals surface area contributed by atoms with E-state index in [2.05, 4.69) is 32.7 Å². The maximum absolute atomic E-state index is 13.7. The number of alkyl halides is 1. The summed E-state index contributed by atoms with van der Waals surface area (Å²) in [6.45, 7) is 8.26. The van der Waals surface area contributed by atoms with E-state index in [4.69, 9.17) is 0 Å².